The van der Waals surface area contributed by atoms with Crippen LogP contribution in [0.3, 0.4) is 0 Å². The number of hydrogen-bond donors (Lipinski definition) is 2. The molecule has 2 aromatic carbocycles. The Morgan fingerprint density at radius 2 is 1.83 bits per heavy atom. The summed E-state index contributed by atoms with van der Waals surface area (Å²) < 4.78 is 51.0. The van der Waals surface area contributed by atoms with Crippen molar-refractivity contribution in [2.75, 3.05) is 18.9 Å². The molecule has 7 heteroatoms. The van der Waals surface area contributed by atoms with E-state index in [9.17, 15) is 22.4 Å². The number of alkyl halides is 3. The third kappa shape index (κ3) is 5.34. The summed E-state index contributed by atoms with van der Waals surface area (Å²) in [4.78, 5) is 12.7. The van der Waals surface area contributed by atoms with Crippen LogP contribution in [0.2, 0.25) is 0 Å². The molecule has 3 nitrogen and oxygen atoms in total. The normalized spacial score (nSPS) is 12.7. The molecule has 2 rings (SSSR count). The molecule has 24 heavy (non-hydrogen) atoms. The number of hydrogen-bond acceptors (Lipinski definition) is 1. The Hall–Kier alpha value is -2.41. The van der Waals surface area contributed by atoms with E-state index in [4.69, 9.17) is 0 Å². The van der Waals surface area contributed by atoms with E-state index >= 15 is 0 Å². The van der Waals surface area contributed by atoms with E-state index in [2.05, 4.69) is 5.32 Å². The Balaban J connectivity index is 1.93. The van der Waals surface area contributed by atoms with E-state index in [1.807, 2.05) is 0 Å². The van der Waals surface area contributed by atoms with Gasteiger partial charge >= 0.3 is 6.18 Å². The number of anilines is 1. The van der Waals surface area contributed by atoms with Crippen LogP contribution in [-0.2, 0) is 17.5 Å². The lowest BCUT2D eigenvalue weighted by Crippen LogP contribution is -3.08. The van der Waals surface area contributed by atoms with Gasteiger partial charge in [-0.05, 0) is 30.3 Å². The van der Waals surface area contributed by atoms with E-state index in [0.717, 1.165) is 22.6 Å². The molecule has 0 aliphatic heterocycles. The van der Waals surface area contributed by atoms with E-state index in [-0.39, 0.29) is 18.0 Å². The molecule has 0 saturated carbocycles. The Kier molecular flexibility index (Phi) is 5.56. The van der Waals surface area contributed by atoms with Gasteiger partial charge in [-0.15, -0.1) is 0 Å². The lowest BCUT2D eigenvalue weighted by atomic mass is 10.2. The smallest absolute Gasteiger partial charge is 0.326 e. The first-order chi connectivity index (χ1) is 11.2. The average Bonchev–Trinajstić information content (AvgIpc) is 2.46. The van der Waals surface area contributed by atoms with Crippen molar-refractivity contribution in [2.45, 2.75) is 12.7 Å². The van der Waals surface area contributed by atoms with Crippen molar-refractivity contribution in [3.63, 3.8) is 0 Å². The van der Waals surface area contributed by atoms with Gasteiger partial charge in [-0.1, -0.05) is 18.2 Å². The predicted octanol–water partition coefficient (Wildman–Crippen LogP) is 2.50. The number of carbonyl (C=O) groups excluding carboxylic acids is 1. The van der Waals surface area contributed by atoms with E-state index < -0.39 is 17.6 Å². The Bertz CT molecular complexity index is 716. The maximum absolute atomic E-state index is 13.1. The van der Waals surface area contributed by atoms with Gasteiger partial charge in [0.25, 0.3) is 5.91 Å². The zero-order chi connectivity index (χ0) is 17.7. The van der Waals surface area contributed by atoms with Crippen LogP contribution in [0.15, 0.2) is 48.5 Å². The van der Waals surface area contributed by atoms with Gasteiger partial charge < -0.3 is 10.2 Å². The Morgan fingerprint density at radius 3 is 2.50 bits per heavy atom. The SMILES string of the molecule is C[NH+](CC(=O)Nc1cccc(C(F)(F)F)c1)Cc1cccc(F)c1. The highest BCUT2D eigenvalue weighted by Gasteiger charge is 2.30. The van der Waals surface area contributed by atoms with Crippen molar-refractivity contribution in [1.82, 2.24) is 0 Å². The Morgan fingerprint density at radius 1 is 1.12 bits per heavy atom. The maximum Gasteiger partial charge on any atom is 0.416 e. The van der Waals surface area contributed by atoms with Crippen molar-refractivity contribution >= 4 is 11.6 Å². The summed E-state index contributed by atoms with van der Waals surface area (Å²) in [5.74, 6) is -0.767. The van der Waals surface area contributed by atoms with Crippen LogP contribution in [0, 0.1) is 5.82 Å². The van der Waals surface area contributed by atoms with Gasteiger partial charge in [0.05, 0.1) is 12.6 Å². The standard InChI is InChI=1S/C17H16F4N2O/c1-23(10-12-4-2-6-14(18)8-12)11-16(24)22-15-7-3-5-13(9-15)17(19,20)21/h2-9H,10-11H2,1H3,(H,22,24)/p+1. The van der Waals surface area contributed by atoms with Gasteiger partial charge in [-0.3, -0.25) is 4.79 Å². The summed E-state index contributed by atoms with van der Waals surface area (Å²) in [6.45, 7) is 0.473. The van der Waals surface area contributed by atoms with Crippen molar-refractivity contribution in [1.29, 1.82) is 0 Å². The topological polar surface area (TPSA) is 33.5 Å². The maximum atomic E-state index is 13.1. The molecule has 1 amide bonds. The van der Waals surface area contributed by atoms with Crippen LogP contribution >= 0.6 is 0 Å². The van der Waals surface area contributed by atoms with Crippen LogP contribution in [-0.4, -0.2) is 19.5 Å². The molecule has 2 aromatic rings. The first-order valence-electron chi connectivity index (χ1n) is 7.27. The number of likely N-dealkylation sites (N-methyl/N-ethyl adjacent to an activating group) is 1. The molecule has 0 fully saturated rings. The van der Waals surface area contributed by atoms with Crippen LogP contribution in [0.4, 0.5) is 23.2 Å². The monoisotopic (exact) mass is 341 g/mol. The third-order valence-corrected chi connectivity index (χ3v) is 3.33. The van der Waals surface area contributed by atoms with Gasteiger partial charge in [-0.2, -0.15) is 13.2 Å². The summed E-state index contributed by atoms with van der Waals surface area (Å²) in [7, 11) is 1.75. The summed E-state index contributed by atoms with van der Waals surface area (Å²) >= 11 is 0. The highest BCUT2D eigenvalue weighted by atomic mass is 19.4. The fourth-order valence-corrected chi connectivity index (χ4v) is 2.31. The van der Waals surface area contributed by atoms with E-state index in [1.54, 1.807) is 19.2 Å². The molecular weight excluding hydrogens is 324 g/mol. The number of rotatable bonds is 5. The Labute approximate surface area is 136 Å². The minimum Gasteiger partial charge on any atom is -0.326 e. The van der Waals surface area contributed by atoms with E-state index in [0.29, 0.717) is 6.54 Å². The van der Waals surface area contributed by atoms with Gasteiger partial charge in [-0.25, -0.2) is 4.39 Å². The molecule has 0 heterocycles. The fourth-order valence-electron chi connectivity index (χ4n) is 2.31. The molecule has 0 radical (unpaired) electrons. The average molecular weight is 341 g/mol. The highest BCUT2D eigenvalue weighted by molar-refractivity contribution is 5.91. The zero-order valence-corrected chi connectivity index (χ0v) is 13.0. The lowest BCUT2D eigenvalue weighted by Gasteiger charge is -2.14. The van der Waals surface area contributed by atoms with Gasteiger partial charge in [0.1, 0.15) is 12.4 Å². The predicted molar refractivity (Wildman–Crippen MR) is 81.9 cm³/mol. The lowest BCUT2D eigenvalue weighted by molar-refractivity contribution is -0.885. The summed E-state index contributed by atoms with van der Waals surface area (Å²) in [5.41, 5.74) is 0.00788. The van der Waals surface area contributed by atoms with Crippen molar-refractivity contribution in [3.8, 4) is 0 Å². The van der Waals surface area contributed by atoms with Gasteiger partial charge in [0.2, 0.25) is 0 Å². The number of quaternary nitrogens is 1. The molecule has 128 valence electrons. The molecular formula is C17H17F4N2O+. The van der Waals surface area contributed by atoms with Crippen molar-refractivity contribution < 1.29 is 27.3 Å². The number of amides is 1. The van der Waals surface area contributed by atoms with Crippen molar-refractivity contribution in [3.05, 3.63) is 65.5 Å². The summed E-state index contributed by atoms with van der Waals surface area (Å²) in [6.07, 6.45) is -4.46. The molecule has 0 aliphatic carbocycles. The van der Waals surface area contributed by atoms with Crippen molar-refractivity contribution in [2.24, 2.45) is 0 Å². The van der Waals surface area contributed by atoms with Crippen LogP contribution < -0.4 is 10.2 Å². The quantitative estimate of drug-likeness (QED) is 0.805. The second-order valence-electron chi connectivity index (χ2n) is 5.57. The number of halogens is 4. The minimum atomic E-state index is -4.46. The van der Waals surface area contributed by atoms with Gasteiger partial charge in [0, 0.05) is 11.3 Å². The first kappa shape index (κ1) is 17.9. The van der Waals surface area contributed by atoms with Crippen LogP contribution in [0.1, 0.15) is 11.1 Å². The minimum absolute atomic E-state index is 0.0484. The molecule has 0 aliphatic rings. The van der Waals surface area contributed by atoms with Crippen LogP contribution in [0.25, 0.3) is 0 Å². The number of benzene rings is 2. The second kappa shape index (κ2) is 7.44. The second-order valence-corrected chi connectivity index (χ2v) is 5.57. The zero-order valence-electron chi connectivity index (χ0n) is 13.0. The molecule has 0 aromatic heterocycles. The molecule has 0 spiro atoms. The first-order valence-corrected chi connectivity index (χ1v) is 7.27. The number of nitrogens with one attached hydrogen (secondary N) is 2. The molecule has 2 N–H and O–H groups in total. The van der Waals surface area contributed by atoms with Crippen LogP contribution in [0.5, 0.6) is 0 Å². The summed E-state index contributed by atoms with van der Waals surface area (Å²) in [5, 5.41) is 2.45. The third-order valence-electron chi connectivity index (χ3n) is 3.33. The molecule has 1 atom stereocenters. The summed E-state index contributed by atoms with van der Waals surface area (Å²) in [6, 6.07) is 10.5. The fraction of sp³-hybridized carbons (Fsp3) is 0.235. The number of carbonyl (C=O) groups is 1. The van der Waals surface area contributed by atoms with E-state index in [1.165, 1.54) is 24.3 Å². The molecule has 1 unspecified atom stereocenters. The highest BCUT2D eigenvalue weighted by Crippen LogP contribution is 2.30. The molecule has 0 bridgehead atoms. The largest absolute Gasteiger partial charge is 0.416 e. The van der Waals surface area contributed by atoms with Gasteiger partial charge in [0.15, 0.2) is 6.54 Å². The molecule has 0 saturated heterocycles.